The molecule has 30 heavy (non-hydrogen) atoms. The molecule has 2 heterocycles. The molecule has 5 nitrogen and oxygen atoms in total. The second kappa shape index (κ2) is 9.41. The Balaban J connectivity index is 1.64. The zero-order valence-corrected chi connectivity index (χ0v) is 17.8. The zero-order valence-electron chi connectivity index (χ0n) is 17.0. The van der Waals surface area contributed by atoms with Gasteiger partial charge >= 0.3 is 0 Å². The molecule has 0 N–H and O–H groups in total. The van der Waals surface area contributed by atoms with Crippen molar-refractivity contribution in [1.29, 1.82) is 5.26 Å². The molecule has 0 bridgehead atoms. The zero-order chi connectivity index (χ0) is 20.9. The second-order valence-corrected chi connectivity index (χ2v) is 8.47. The molecule has 0 radical (unpaired) electrons. The van der Waals surface area contributed by atoms with E-state index in [9.17, 15) is 4.39 Å². The molecule has 3 aromatic rings. The van der Waals surface area contributed by atoms with Crippen LogP contribution in [-0.2, 0) is 5.75 Å². The van der Waals surface area contributed by atoms with Crippen LogP contribution in [0, 0.1) is 17.1 Å². The number of piperidine rings is 1. The standard InChI is InChI=1S/C23H24FN5S/c1-17(28-12-3-2-4-13-28)22-26-27-23(29(22)21-10-8-20(24)9-11-21)30-16-19-7-5-6-18(14-19)15-25/h5-11,14,17H,2-4,12-13,16H2,1H3/t17-/m0/s1. The first kappa shape index (κ1) is 20.6. The highest BCUT2D eigenvalue weighted by Gasteiger charge is 2.25. The molecule has 1 fully saturated rings. The third kappa shape index (κ3) is 4.55. The van der Waals surface area contributed by atoms with E-state index < -0.39 is 0 Å². The quantitative estimate of drug-likeness (QED) is 0.517. The Labute approximate surface area is 180 Å². The highest BCUT2D eigenvalue weighted by atomic mass is 32.2. The van der Waals surface area contributed by atoms with E-state index in [1.165, 1.54) is 31.4 Å². The van der Waals surface area contributed by atoms with Gasteiger partial charge in [-0.1, -0.05) is 30.3 Å². The number of hydrogen-bond donors (Lipinski definition) is 0. The van der Waals surface area contributed by atoms with Crippen molar-refractivity contribution in [3.8, 4) is 11.8 Å². The van der Waals surface area contributed by atoms with Gasteiger partial charge in [-0.3, -0.25) is 9.47 Å². The molecule has 2 aromatic carbocycles. The first-order valence-corrected chi connectivity index (χ1v) is 11.2. The predicted molar refractivity (Wildman–Crippen MR) is 116 cm³/mol. The van der Waals surface area contributed by atoms with E-state index in [0.717, 1.165) is 35.3 Å². The van der Waals surface area contributed by atoms with Crippen LogP contribution in [0.15, 0.2) is 53.7 Å². The van der Waals surface area contributed by atoms with Crippen molar-refractivity contribution in [3.05, 3.63) is 71.3 Å². The van der Waals surface area contributed by atoms with Gasteiger partial charge in [0.2, 0.25) is 0 Å². The molecule has 4 rings (SSSR count). The van der Waals surface area contributed by atoms with Crippen molar-refractivity contribution in [2.75, 3.05) is 13.1 Å². The fourth-order valence-electron chi connectivity index (χ4n) is 3.83. The van der Waals surface area contributed by atoms with Crippen molar-refractivity contribution in [1.82, 2.24) is 19.7 Å². The number of nitrogens with zero attached hydrogens (tertiary/aromatic N) is 5. The third-order valence-corrected chi connectivity index (χ3v) is 6.48. The number of thioether (sulfide) groups is 1. The van der Waals surface area contributed by atoms with Gasteiger partial charge in [-0.2, -0.15) is 5.26 Å². The lowest BCUT2D eigenvalue weighted by molar-refractivity contribution is 0.167. The average molecular weight is 422 g/mol. The Bertz CT molecular complexity index is 1030. The molecule has 0 spiro atoms. The molecule has 1 saturated heterocycles. The largest absolute Gasteiger partial charge is 0.294 e. The summed E-state index contributed by atoms with van der Waals surface area (Å²) in [7, 11) is 0. The molecule has 7 heteroatoms. The van der Waals surface area contributed by atoms with Crippen LogP contribution in [0.3, 0.4) is 0 Å². The molecular weight excluding hydrogens is 397 g/mol. The summed E-state index contributed by atoms with van der Waals surface area (Å²) in [6, 6.07) is 16.4. The Morgan fingerprint density at radius 2 is 1.87 bits per heavy atom. The van der Waals surface area contributed by atoms with Crippen molar-refractivity contribution in [2.45, 2.75) is 43.1 Å². The number of benzene rings is 2. The fourth-order valence-corrected chi connectivity index (χ4v) is 4.73. The SMILES string of the molecule is C[C@@H](c1nnc(SCc2cccc(C#N)c2)n1-c1ccc(F)cc1)N1CCCCC1. The van der Waals surface area contributed by atoms with Gasteiger partial charge in [0, 0.05) is 11.4 Å². The topological polar surface area (TPSA) is 57.7 Å². The second-order valence-electron chi connectivity index (χ2n) is 7.53. The van der Waals surface area contributed by atoms with Crippen LogP contribution in [0.25, 0.3) is 5.69 Å². The molecule has 1 atom stereocenters. The Hall–Kier alpha value is -2.69. The van der Waals surface area contributed by atoms with Crippen molar-refractivity contribution in [3.63, 3.8) is 0 Å². The van der Waals surface area contributed by atoms with Crippen LogP contribution >= 0.6 is 11.8 Å². The van der Waals surface area contributed by atoms with Crippen LogP contribution < -0.4 is 0 Å². The lowest BCUT2D eigenvalue weighted by Gasteiger charge is -2.31. The van der Waals surface area contributed by atoms with Crippen LogP contribution in [0.2, 0.25) is 0 Å². The maximum atomic E-state index is 13.5. The van der Waals surface area contributed by atoms with Gasteiger partial charge in [0.25, 0.3) is 0 Å². The fraction of sp³-hybridized carbons (Fsp3) is 0.348. The number of hydrogen-bond acceptors (Lipinski definition) is 5. The molecular formula is C23H24FN5S. The third-order valence-electron chi connectivity index (χ3n) is 5.48. The van der Waals surface area contributed by atoms with E-state index in [1.54, 1.807) is 30.0 Å². The van der Waals surface area contributed by atoms with Crippen molar-refractivity contribution < 1.29 is 4.39 Å². The monoisotopic (exact) mass is 421 g/mol. The minimum Gasteiger partial charge on any atom is -0.294 e. The van der Waals surface area contributed by atoms with Crippen molar-refractivity contribution in [2.24, 2.45) is 0 Å². The molecule has 1 aromatic heterocycles. The van der Waals surface area contributed by atoms with Gasteiger partial charge in [-0.25, -0.2) is 4.39 Å². The van der Waals surface area contributed by atoms with Crippen molar-refractivity contribution >= 4 is 11.8 Å². The van der Waals surface area contributed by atoms with E-state index in [0.29, 0.717) is 11.3 Å². The van der Waals surface area contributed by atoms with Crippen LogP contribution in [0.4, 0.5) is 4.39 Å². The number of aromatic nitrogens is 3. The summed E-state index contributed by atoms with van der Waals surface area (Å²) in [5.41, 5.74) is 2.55. The molecule has 0 aliphatic carbocycles. The van der Waals surface area contributed by atoms with Gasteiger partial charge in [0.1, 0.15) is 5.82 Å². The van der Waals surface area contributed by atoms with Gasteiger partial charge < -0.3 is 0 Å². The highest BCUT2D eigenvalue weighted by Crippen LogP contribution is 2.30. The first-order valence-electron chi connectivity index (χ1n) is 10.2. The first-order chi connectivity index (χ1) is 14.7. The van der Waals surface area contributed by atoms with Gasteiger partial charge in [-0.05, 0) is 74.8 Å². The maximum absolute atomic E-state index is 13.5. The lowest BCUT2D eigenvalue weighted by atomic mass is 10.1. The summed E-state index contributed by atoms with van der Waals surface area (Å²) in [4.78, 5) is 2.44. The highest BCUT2D eigenvalue weighted by molar-refractivity contribution is 7.98. The van der Waals surface area contributed by atoms with E-state index in [1.807, 2.05) is 22.8 Å². The van der Waals surface area contributed by atoms with E-state index in [2.05, 4.69) is 28.1 Å². The van der Waals surface area contributed by atoms with Gasteiger partial charge in [0.05, 0.1) is 17.7 Å². The maximum Gasteiger partial charge on any atom is 0.196 e. The van der Waals surface area contributed by atoms with Gasteiger partial charge in [0.15, 0.2) is 11.0 Å². The minimum atomic E-state index is -0.264. The van der Waals surface area contributed by atoms with Crippen LogP contribution in [-0.4, -0.2) is 32.8 Å². The average Bonchev–Trinajstić information content (AvgIpc) is 3.22. The van der Waals surface area contributed by atoms with Crippen LogP contribution in [0.5, 0.6) is 0 Å². The van der Waals surface area contributed by atoms with E-state index in [4.69, 9.17) is 5.26 Å². The Morgan fingerprint density at radius 1 is 1.10 bits per heavy atom. The van der Waals surface area contributed by atoms with E-state index in [-0.39, 0.29) is 11.9 Å². The van der Waals surface area contributed by atoms with Gasteiger partial charge in [-0.15, -0.1) is 10.2 Å². The number of rotatable bonds is 6. The normalized spacial score (nSPS) is 15.6. The molecule has 0 unspecified atom stereocenters. The van der Waals surface area contributed by atoms with Crippen LogP contribution in [0.1, 0.15) is 49.2 Å². The molecule has 1 aliphatic heterocycles. The molecule has 1 aliphatic rings. The molecule has 0 saturated carbocycles. The summed E-state index contributed by atoms with van der Waals surface area (Å²) in [5, 5.41) is 18.9. The summed E-state index contributed by atoms with van der Waals surface area (Å²) < 4.78 is 15.6. The predicted octanol–water partition coefficient (Wildman–Crippen LogP) is 5.12. The summed E-state index contributed by atoms with van der Waals surface area (Å²) in [6.45, 7) is 4.28. The minimum absolute atomic E-state index is 0.124. The number of nitriles is 1. The summed E-state index contributed by atoms with van der Waals surface area (Å²) in [5.74, 6) is 1.28. The smallest absolute Gasteiger partial charge is 0.196 e. The summed E-state index contributed by atoms with van der Waals surface area (Å²) in [6.07, 6.45) is 3.68. The number of likely N-dealkylation sites (tertiary alicyclic amines) is 1. The number of halogens is 1. The lowest BCUT2D eigenvalue weighted by Crippen LogP contribution is -2.33. The Kier molecular flexibility index (Phi) is 6.46. The molecule has 0 amide bonds. The summed E-state index contributed by atoms with van der Waals surface area (Å²) >= 11 is 1.57. The van der Waals surface area contributed by atoms with E-state index >= 15 is 0 Å². The molecule has 154 valence electrons. The Morgan fingerprint density at radius 3 is 2.60 bits per heavy atom.